The van der Waals surface area contributed by atoms with E-state index in [0.29, 0.717) is 6.54 Å². The van der Waals surface area contributed by atoms with Crippen LogP contribution in [0.4, 0.5) is 10.5 Å². The van der Waals surface area contributed by atoms with Gasteiger partial charge in [-0.05, 0) is 53.2 Å². The molecule has 2 heterocycles. The molecule has 1 aromatic rings. The minimum absolute atomic E-state index is 0.0180. The Labute approximate surface area is 154 Å². The van der Waals surface area contributed by atoms with Gasteiger partial charge in [-0.3, -0.25) is 4.79 Å². The lowest BCUT2D eigenvalue weighted by Gasteiger charge is -2.22. The van der Waals surface area contributed by atoms with Crippen molar-refractivity contribution in [1.29, 1.82) is 0 Å². The number of amides is 2. The first-order valence-corrected chi connectivity index (χ1v) is 9.04. The van der Waals surface area contributed by atoms with Crippen LogP contribution in [0.25, 0.3) is 0 Å². The lowest BCUT2D eigenvalue weighted by atomic mass is 9.82. The summed E-state index contributed by atoms with van der Waals surface area (Å²) < 4.78 is 11.5. The van der Waals surface area contributed by atoms with Crippen LogP contribution in [0.15, 0.2) is 6.07 Å². The quantitative estimate of drug-likeness (QED) is 0.845. The summed E-state index contributed by atoms with van der Waals surface area (Å²) in [4.78, 5) is 24.3. The first kappa shape index (κ1) is 18.5. The molecule has 3 rings (SSSR count). The smallest absolute Gasteiger partial charge is 0.407 e. The normalized spacial score (nSPS) is 23.0. The molecule has 0 saturated heterocycles. The van der Waals surface area contributed by atoms with Gasteiger partial charge in [-0.1, -0.05) is 6.92 Å². The lowest BCUT2D eigenvalue weighted by molar-refractivity contribution is -0.119. The zero-order valence-electron chi connectivity index (χ0n) is 16.6. The molecule has 0 unspecified atom stereocenters. The molecule has 6 nitrogen and oxygen atoms in total. The molecule has 0 spiro atoms. The van der Waals surface area contributed by atoms with Crippen molar-refractivity contribution in [2.45, 2.75) is 71.5 Å². The van der Waals surface area contributed by atoms with Gasteiger partial charge in [0, 0.05) is 17.0 Å². The second-order valence-corrected chi connectivity index (χ2v) is 8.77. The van der Waals surface area contributed by atoms with E-state index in [-0.39, 0.29) is 17.9 Å². The molecule has 0 aromatic heterocycles. The Balaban J connectivity index is 1.82. The van der Waals surface area contributed by atoms with E-state index in [1.165, 1.54) is 0 Å². The summed E-state index contributed by atoms with van der Waals surface area (Å²) in [7, 11) is 0. The summed E-state index contributed by atoms with van der Waals surface area (Å²) in [6.07, 6.45) is -0.655. The van der Waals surface area contributed by atoms with Gasteiger partial charge in [0.25, 0.3) is 0 Å². The zero-order valence-corrected chi connectivity index (χ0v) is 16.6. The first-order valence-electron chi connectivity index (χ1n) is 9.04. The minimum Gasteiger partial charge on any atom is -0.487 e. The molecular formula is C20H28N2O4. The molecule has 142 valence electrons. The molecule has 2 aliphatic rings. The van der Waals surface area contributed by atoms with Crippen molar-refractivity contribution in [1.82, 2.24) is 5.32 Å². The molecule has 6 heteroatoms. The molecule has 1 aromatic carbocycles. The fourth-order valence-corrected chi connectivity index (χ4v) is 3.60. The van der Waals surface area contributed by atoms with E-state index in [1.807, 2.05) is 41.5 Å². The number of alkyl carbamates (subject to hydrolysis) is 1. The molecule has 2 atom stereocenters. The fourth-order valence-electron chi connectivity index (χ4n) is 3.60. The molecule has 0 aliphatic carbocycles. The van der Waals surface area contributed by atoms with Gasteiger partial charge >= 0.3 is 6.09 Å². The average Bonchev–Trinajstić information content (AvgIpc) is 2.92. The number of nitrogens with one attached hydrogen (secondary N) is 2. The molecule has 2 N–H and O–H groups in total. The summed E-state index contributed by atoms with van der Waals surface area (Å²) >= 11 is 0. The monoisotopic (exact) mass is 360 g/mol. The maximum atomic E-state index is 12.4. The van der Waals surface area contributed by atoms with Gasteiger partial charge in [-0.2, -0.15) is 0 Å². The topological polar surface area (TPSA) is 76.7 Å². The molecule has 26 heavy (non-hydrogen) atoms. The predicted molar refractivity (Wildman–Crippen MR) is 99.9 cm³/mol. The van der Waals surface area contributed by atoms with Crippen molar-refractivity contribution < 1.29 is 19.1 Å². The van der Waals surface area contributed by atoms with Gasteiger partial charge in [0.1, 0.15) is 17.5 Å². The van der Waals surface area contributed by atoms with E-state index in [4.69, 9.17) is 9.47 Å². The van der Waals surface area contributed by atoms with Crippen LogP contribution in [0, 0.1) is 6.92 Å². The van der Waals surface area contributed by atoms with Crippen LogP contribution in [0.3, 0.4) is 0 Å². The highest BCUT2D eigenvalue weighted by Crippen LogP contribution is 2.52. The zero-order chi connectivity index (χ0) is 19.4. The number of hydrogen-bond donors (Lipinski definition) is 2. The summed E-state index contributed by atoms with van der Waals surface area (Å²) in [6.45, 7) is 13.7. The standard InChI is InChI=1S/C20H28N2O4/c1-10-8-12-11(2)13(9-21-18(24)26-19(3,4)5)25-16(12)14-15(10)22-17(23)20(14,6)7/h8,11,13H,9H2,1-7H3,(H,21,24)(H,22,23)/t11-,13+/m1/s1. The second kappa shape index (κ2) is 5.89. The highest BCUT2D eigenvalue weighted by molar-refractivity contribution is 6.07. The Kier molecular flexibility index (Phi) is 4.20. The van der Waals surface area contributed by atoms with Crippen LogP contribution in [0.1, 0.15) is 64.2 Å². The molecule has 2 amide bonds. The number of hydrogen-bond acceptors (Lipinski definition) is 4. The van der Waals surface area contributed by atoms with Crippen molar-refractivity contribution in [3.05, 3.63) is 22.8 Å². The molecule has 0 bridgehead atoms. The van der Waals surface area contributed by atoms with E-state index >= 15 is 0 Å². The van der Waals surface area contributed by atoms with Crippen LogP contribution < -0.4 is 15.4 Å². The van der Waals surface area contributed by atoms with Crippen molar-refractivity contribution in [3.8, 4) is 5.75 Å². The predicted octanol–water partition coefficient (Wildman–Crippen LogP) is 3.61. The van der Waals surface area contributed by atoms with E-state index in [2.05, 4.69) is 23.6 Å². The summed E-state index contributed by atoms with van der Waals surface area (Å²) in [6, 6.07) is 2.08. The van der Waals surface area contributed by atoms with Gasteiger partial charge in [-0.25, -0.2) is 4.79 Å². The highest BCUT2D eigenvalue weighted by atomic mass is 16.6. The molecule has 0 fully saturated rings. The fraction of sp³-hybridized carbons (Fsp3) is 0.600. The SMILES string of the molecule is Cc1cc2c(c3c1NC(=O)C3(C)C)O[C@@H](CNC(=O)OC(C)(C)C)[C@@H]2C. The number of rotatable bonds is 2. The first-order chi connectivity index (χ1) is 11.9. The third kappa shape index (κ3) is 3.02. The number of benzene rings is 1. The summed E-state index contributed by atoms with van der Waals surface area (Å²) in [5, 5.41) is 5.77. The van der Waals surface area contributed by atoms with Crippen LogP contribution in [-0.2, 0) is 14.9 Å². The van der Waals surface area contributed by atoms with Crippen LogP contribution in [0.5, 0.6) is 5.75 Å². The highest BCUT2D eigenvalue weighted by Gasteiger charge is 2.46. The van der Waals surface area contributed by atoms with Gasteiger partial charge in [-0.15, -0.1) is 0 Å². The molecule has 2 aliphatic heterocycles. The average molecular weight is 360 g/mol. The van der Waals surface area contributed by atoms with E-state index in [1.54, 1.807) is 0 Å². The number of carbonyl (C=O) groups is 2. The van der Waals surface area contributed by atoms with E-state index in [9.17, 15) is 9.59 Å². The maximum Gasteiger partial charge on any atom is 0.407 e. The molecule has 0 radical (unpaired) electrons. The molecular weight excluding hydrogens is 332 g/mol. The third-order valence-corrected chi connectivity index (χ3v) is 5.10. The van der Waals surface area contributed by atoms with Crippen molar-refractivity contribution in [2.24, 2.45) is 0 Å². The number of anilines is 1. The third-order valence-electron chi connectivity index (χ3n) is 5.10. The summed E-state index contributed by atoms with van der Waals surface area (Å²) in [5.41, 5.74) is 2.72. The number of fused-ring (bicyclic) bond motifs is 3. The van der Waals surface area contributed by atoms with Crippen molar-refractivity contribution in [2.75, 3.05) is 11.9 Å². The van der Waals surface area contributed by atoms with Gasteiger partial charge in [0.05, 0.1) is 17.6 Å². The Morgan fingerprint density at radius 3 is 2.65 bits per heavy atom. The van der Waals surface area contributed by atoms with E-state index < -0.39 is 17.1 Å². The largest absolute Gasteiger partial charge is 0.487 e. The number of aryl methyl sites for hydroxylation is 1. The minimum atomic E-state index is -0.640. The van der Waals surface area contributed by atoms with Crippen molar-refractivity contribution in [3.63, 3.8) is 0 Å². The van der Waals surface area contributed by atoms with Gasteiger partial charge in [0.2, 0.25) is 5.91 Å². The molecule has 0 saturated carbocycles. The Hall–Kier alpha value is -2.24. The van der Waals surface area contributed by atoms with Crippen LogP contribution >= 0.6 is 0 Å². The van der Waals surface area contributed by atoms with Crippen LogP contribution in [0.2, 0.25) is 0 Å². The van der Waals surface area contributed by atoms with Crippen LogP contribution in [-0.4, -0.2) is 30.3 Å². The van der Waals surface area contributed by atoms with Gasteiger partial charge < -0.3 is 20.1 Å². The Morgan fingerprint density at radius 1 is 1.38 bits per heavy atom. The second-order valence-electron chi connectivity index (χ2n) is 8.77. The Morgan fingerprint density at radius 2 is 2.04 bits per heavy atom. The Bertz CT molecular complexity index is 777. The summed E-state index contributed by atoms with van der Waals surface area (Å²) in [5.74, 6) is 0.864. The maximum absolute atomic E-state index is 12.4. The van der Waals surface area contributed by atoms with Gasteiger partial charge in [0.15, 0.2) is 0 Å². The number of carbonyl (C=O) groups excluding carboxylic acids is 2. The lowest BCUT2D eigenvalue weighted by Crippen LogP contribution is -2.39. The van der Waals surface area contributed by atoms with E-state index in [0.717, 1.165) is 28.1 Å². The van der Waals surface area contributed by atoms with Crippen molar-refractivity contribution >= 4 is 17.7 Å². The number of ether oxygens (including phenoxy) is 2.